The summed E-state index contributed by atoms with van der Waals surface area (Å²) in [5, 5.41) is 15.3. The molecule has 2 bridgehead atoms. The van der Waals surface area contributed by atoms with Crippen LogP contribution < -0.4 is 25.4 Å². The highest BCUT2D eigenvalue weighted by Crippen LogP contribution is 2.61. The van der Waals surface area contributed by atoms with Gasteiger partial charge in [-0.2, -0.15) is 5.06 Å². The first-order chi connectivity index (χ1) is 22.1. The summed E-state index contributed by atoms with van der Waals surface area (Å²) in [5.74, 6) is 0.517. The zero-order valence-corrected chi connectivity index (χ0v) is 29.1. The average Bonchev–Trinajstić information content (AvgIpc) is 3.37. The molecule has 3 saturated carbocycles. The van der Waals surface area contributed by atoms with Gasteiger partial charge in [-0.05, 0) is 59.8 Å². The van der Waals surface area contributed by atoms with E-state index in [0.717, 1.165) is 12.7 Å². The van der Waals surface area contributed by atoms with Crippen molar-refractivity contribution in [3.63, 3.8) is 0 Å². The lowest BCUT2D eigenvalue weighted by molar-refractivity contribution is -0.175. The monoisotopic (exact) mass is 671 g/mol. The number of aliphatic hydroxyl groups is 1. The molecule has 258 valence electrons. The molecule has 1 saturated heterocycles. The minimum absolute atomic E-state index is 0.0494. The van der Waals surface area contributed by atoms with Crippen LogP contribution in [0, 0.1) is 29.1 Å². The van der Waals surface area contributed by atoms with Gasteiger partial charge in [0.15, 0.2) is 0 Å². The third kappa shape index (κ3) is 6.86. The molecule has 4 aliphatic rings. The molecule has 2 amide bonds. The fourth-order valence-corrected chi connectivity index (χ4v) is 8.42. The van der Waals surface area contributed by atoms with E-state index in [1.54, 1.807) is 24.3 Å². The van der Waals surface area contributed by atoms with Crippen LogP contribution in [0.2, 0.25) is 0 Å². The zero-order chi connectivity index (χ0) is 34.4. The maximum Gasteiger partial charge on any atom is 0.264 e. The molecular weight excluding hydrogens is 622 g/mol. The standard InChI is InChI=1S/C34H49N5O7S/c1-19-27-14-23(34(27,2)3)15-28(19)36-33(42)30-26(18-40)29(16-35)46-39(30)17-20-9-8-10-25(31(20)45-6)21-11-22(13-24(12-21)38(4)5)32(41)37-47(7,43)44/h8-13,19,23,26-30,40H,14-18,35H2,1-7H3,(H,36,42)(H,37,41)/t19-,23+,26+,27-,28-,29-,30-/m0/s1. The van der Waals surface area contributed by atoms with Crippen molar-refractivity contribution in [3.05, 3.63) is 47.5 Å². The van der Waals surface area contributed by atoms with E-state index < -0.39 is 34.0 Å². The lowest BCUT2D eigenvalue weighted by Crippen LogP contribution is -2.62. The molecule has 4 fully saturated rings. The summed E-state index contributed by atoms with van der Waals surface area (Å²) in [5.41, 5.74) is 9.19. The van der Waals surface area contributed by atoms with E-state index >= 15 is 0 Å². The first kappa shape index (κ1) is 35.1. The van der Waals surface area contributed by atoms with Gasteiger partial charge in [-0.3, -0.25) is 14.4 Å². The van der Waals surface area contributed by atoms with Crippen LogP contribution in [0.15, 0.2) is 36.4 Å². The van der Waals surface area contributed by atoms with Gasteiger partial charge in [0.05, 0.1) is 32.6 Å². The maximum absolute atomic E-state index is 14.0. The Morgan fingerprint density at radius 3 is 2.49 bits per heavy atom. The third-order valence-electron chi connectivity index (χ3n) is 10.8. The average molecular weight is 672 g/mol. The van der Waals surface area contributed by atoms with Crippen molar-refractivity contribution in [3.8, 4) is 16.9 Å². The number of hydrogen-bond donors (Lipinski definition) is 4. The van der Waals surface area contributed by atoms with Crippen molar-refractivity contribution in [2.24, 2.45) is 34.8 Å². The molecule has 6 rings (SSSR count). The van der Waals surface area contributed by atoms with E-state index in [2.05, 4.69) is 26.1 Å². The summed E-state index contributed by atoms with van der Waals surface area (Å²) in [6.07, 6.45) is 2.51. The number of para-hydroxylation sites is 1. The number of nitrogens with one attached hydrogen (secondary N) is 2. The number of nitrogens with two attached hydrogens (primary N) is 1. The molecule has 47 heavy (non-hydrogen) atoms. The number of sulfonamides is 1. The van der Waals surface area contributed by atoms with E-state index in [4.69, 9.17) is 15.3 Å². The first-order valence-corrected chi connectivity index (χ1v) is 18.0. The Bertz CT molecular complexity index is 1610. The van der Waals surface area contributed by atoms with Crippen LogP contribution in [-0.4, -0.2) is 89.2 Å². The second-order valence-electron chi connectivity index (χ2n) is 14.2. The molecule has 2 aromatic carbocycles. The number of carbonyl (C=O) groups is 2. The SMILES string of the molecule is COc1c(CN2O[C@@H](CN)[C@@H](CO)[C@H]2C(=O)N[C@H]2C[C@H]3C[C@@H]([C@@H]2C)C3(C)C)cccc1-c1cc(C(=O)NS(C)(=O)=O)cc(N(C)C)c1. The number of aliphatic hydroxyl groups excluding tert-OH is 1. The van der Waals surface area contributed by atoms with E-state index in [0.29, 0.717) is 45.9 Å². The Morgan fingerprint density at radius 1 is 1.19 bits per heavy atom. The highest BCUT2D eigenvalue weighted by Gasteiger charge is 2.57. The summed E-state index contributed by atoms with van der Waals surface area (Å²) in [7, 11) is 1.41. The molecule has 0 aromatic heterocycles. The zero-order valence-electron chi connectivity index (χ0n) is 28.3. The summed E-state index contributed by atoms with van der Waals surface area (Å²) in [6.45, 7) is 6.90. The minimum atomic E-state index is -3.78. The summed E-state index contributed by atoms with van der Waals surface area (Å²) in [6, 6.07) is 9.94. The van der Waals surface area contributed by atoms with Crippen LogP contribution in [0.5, 0.6) is 5.75 Å². The largest absolute Gasteiger partial charge is 0.496 e. The number of fused-ring (bicyclic) bond motifs is 2. The lowest BCUT2D eigenvalue weighted by Gasteiger charge is -2.62. The van der Waals surface area contributed by atoms with Crippen molar-refractivity contribution < 1.29 is 32.7 Å². The molecule has 2 aromatic rings. The highest BCUT2D eigenvalue weighted by molar-refractivity contribution is 7.89. The molecular formula is C34H49N5O7S. The molecule has 5 N–H and O–H groups in total. The number of nitrogens with zero attached hydrogens (tertiary/aromatic N) is 2. The van der Waals surface area contributed by atoms with Crippen molar-refractivity contribution >= 4 is 27.5 Å². The van der Waals surface area contributed by atoms with Gasteiger partial charge in [-0.1, -0.05) is 39.0 Å². The van der Waals surface area contributed by atoms with E-state index in [9.17, 15) is 23.1 Å². The summed E-state index contributed by atoms with van der Waals surface area (Å²) >= 11 is 0. The van der Waals surface area contributed by atoms with Gasteiger partial charge in [-0.25, -0.2) is 13.1 Å². The third-order valence-corrected chi connectivity index (χ3v) is 11.3. The quantitative estimate of drug-likeness (QED) is 0.279. The van der Waals surface area contributed by atoms with Gasteiger partial charge in [0.2, 0.25) is 15.9 Å². The minimum Gasteiger partial charge on any atom is -0.496 e. The number of ether oxygens (including phenoxy) is 1. The van der Waals surface area contributed by atoms with Crippen LogP contribution in [0.1, 0.15) is 49.5 Å². The second kappa shape index (κ2) is 13.3. The number of carbonyl (C=O) groups excluding carboxylic acids is 2. The lowest BCUT2D eigenvalue weighted by atomic mass is 9.45. The second-order valence-corrected chi connectivity index (χ2v) is 15.9. The van der Waals surface area contributed by atoms with E-state index in [1.165, 1.54) is 6.42 Å². The van der Waals surface area contributed by atoms with Crippen LogP contribution in [0.3, 0.4) is 0 Å². The van der Waals surface area contributed by atoms with Crippen molar-refractivity contribution in [2.45, 2.75) is 58.3 Å². The van der Waals surface area contributed by atoms with Crippen LogP contribution in [0.4, 0.5) is 5.69 Å². The fourth-order valence-electron chi connectivity index (χ4n) is 7.97. The molecule has 3 aliphatic carbocycles. The van der Waals surface area contributed by atoms with E-state index in [1.807, 2.05) is 48.0 Å². The molecule has 7 atom stereocenters. The van der Waals surface area contributed by atoms with Crippen LogP contribution in [0.25, 0.3) is 11.1 Å². The summed E-state index contributed by atoms with van der Waals surface area (Å²) in [4.78, 5) is 34.9. The normalized spacial score (nSPS) is 28.3. The molecule has 1 heterocycles. The Morgan fingerprint density at radius 2 is 1.91 bits per heavy atom. The van der Waals surface area contributed by atoms with Gasteiger partial charge in [0, 0.05) is 55.0 Å². The topological polar surface area (TPSA) is 164 Å². The van der Waals surface area contributed by atoms with Gasteiger partial charge in [-0.15, -0.1) is 0 Å². The fraction of sp³-hybridized carbons (Fsp3) is 0.588. The molecule has 0 radical (unpaired) electrons. The number of hydrogen-bond acceptors (Lipinski definition) is 10. The Balaban J connectivity index is 1.45. The highest BCUT2D eigenvalue weighted by atomic mass is 32.2. The van der Waals surface area contributed by atoms with Crippen LogP contribution >= 0.6 is 0 Å². The number of rotatable bonds is 11. The number of anilines is 1. The molecule has 0 spiro atoms. The summed E-state index contributed by atoms with van der Waals surface area (Å²) < 4.78 is 31.6. The number of methoxy groups -OCH3 is 1. The van der Waals surface area contributed by atoms with Crippen molar-refractivity contribution in [1.82, 2.24) is 15.1 Å². The van der Waals surface area contributed by atoms with Crippen molar-refractivity contribution in [2.75, 3.05) is 45.5 Å². The first-order valence-electron chi connectivity index (χ1n) is 16.1. The van der Waals surface area contributed by atoms with Gasteiger partial charge >= 0.3 is 0 Å². The van der Waals surface area contributed by atoms with Gasteiger partial charge < -0.3 is 25.8 Å². The number of benzene rings is 2. The number of hydroxylamine groups is 2. The van der Waals surface area contributed by atoms with Gasteiger partial charge in [0.25, 0.3) is 5.91 Å². The Hall–Kier alpha value is -3.23. The Kier molecular flexibility index (Phi) is 9.96. The smallest absolute Gasteiger partial charge is 0.264 e. The van der Waals surface area contributed by atoms with Gasteiger partial charge in [0.1, 0.15) is 11.8 Å². The molecule has 13 heteroatoms. The van der Waals surface area contributed by atoms with Crippen molar-refractivity contribution in [1.29, 1.82) is 0 Å². The van der Waals surface area contributed by atoms with Crippen LogP contribution in [-0.2, 0) is 26.2 Å². The molecule has 0 unspecified atom stereocenters. The predicted octanol–water partition coefficient (Wildman–Crippen LogP) is 2.36. The predicted molar refractivity (Wildman–Crippen MR) is 180 cm³/mol. The molecule has 12 nitrogen and oxygen atoms in total. The molecule has 1 aliphatic heterocycles. The Labute approximate surface area is 278 Å². The maximum atomic E-state index is 14.0. The number of amides is 2. The van der Waals surface area contributed by atoms with E-state index in [-0.39, 0.29) is 42.6 Å².